The van der Waals surface area contributed by atoms with E-state index < -0.39 is 5.82 Å². The average Bonchev–Trinajstić information content (AvgIpc) is 2.87. The molecule has 0 atom stereocenters. The molecule has 0 amide bonds. The van der Waals surface area contributed by atoms with Crippen LogP contribution >= 0.6 is 23.2 Å². The fourth-order valence-electron chi connectivity index (χ4n) is 1.89. The average molecular weight is 324 g/mol. The highest BCUT2D eigenvalue weighted by Gasteiger charge is 2.17. The topological polar surface area (TPSA) is 64.9 Å². The molecule has 2 aromatic carbocycles. The molecule has 106 valence electrons. The maximum Gasteiger partial charge on any atom is 0.263 e. The van der Waals surface area contributed by atoms with Crippen LogP contribution < -0.4 is 5.73 Å². The van der Waals surface area contributed by atoms with Crippen molar-refractivity contribution in [2.75, 3.05) is 5.73 Å². The summed E-state index contributed by atoms with van der Waals surface area (Å²) >= 11 is 11.8. The number of anilines is 1. The van der Waals surface area contributed by atoms with Crippen LogP contribution in [0.3, 0.4) is 0 Å². The SMILES string of the molecule is Nc1cccc(F)c1-c1nc(-c2cc(Cl)cc(Cl)c2)no1. The number of benzene rings is 2. The van der Waals surface area contributed by atoms with Gasteiger partial charge in [-0.2, -0.15) is 4.98 Å². The van der Waals surface area contributed by atoms with Crippen LogP contribution in [0.1, 0.15) is 0 Å². The molecule has 0 aliphatic heterocycles. The Kier molecular flexibility index (Phi) is 3.53. The Bertz CT molecular complexity index is 779. The molecule has 0 bridgehead atoms. The van der Waals surface area contributed by atoms with Gasteiger partial charge in [-0.15, -0.1) is 0 Å². The van der Waals surface area contributed by atoms with Gasteiger partial charge in [0.2, 0.25) is 5.82 Å². The fourth-order valence-corrected chi connectivity index (χ4v) is 2.42. The first-order valence-electron chi connectivity index (χ1n) is 5.89. The number of hydrogen-bond acceptors (Lipinski definition) is 4. The minimum atomic E-state index is -0.533. The van der Waals surface area contributed by atoms with Crippen LogP contribution in [0.25, 0.3) is 22.8 Å². The lowest BCUT2D eigenvalue weighted by molar-refractivity contribution is 0.430. The summed E-state index contributed by atoms with van der Waals surface area (Å²) in [5.74, 6) is -0.289. The van der Waals surface area contributed by atoms with Gasteiger partial charge in [0.25, 0.3) is 5.89 Å². The summed E-state index contributed by atoms with van der Waals surface area (Å²) < 4.78 is 18.9. The summed E-state index contributed by atoms with van der Waals surface area (Å²) in [5, 5.41) is 4.68. The highest BCUT2D eigenvalue weighted by Crippen LogP contribution is 2.30. The van der Waals surface area contributed by atoms with E-state index in [1.54, 1.807) is 24.3 Å². The van der Waals surface area contributed by atoms with Crippen molar-refractivity contribution < 1.29 is 8.91 Å². The van der Waals surface area contributed by atoms with Crippen molar-refractivity contribution in [3.05, 3.63) is 52.3 Å². The summed E-state index contributed by atoms with van der Waals surface area (Å²) in [6.45, 7) is 0. The van der Waals surface area contributed by atoms with Gasteiger partial charge in [-0.1, -0.05) is 34.4 Å². The van der Waals surface area contributed by atoms with Gasteiger partial charge >= 0.3 is 0 Å². The predicted octanol–water partition coefficient (Wildman–Crippen LogP) is 4.43. The lowest BCUT2D eigenvalue weighted by Gasteiger charge is -2.00. The van der Waals surface area contributed by atoms with Crippen molar-refractivity contribution in [1.29, 1.82) is 0 Å². The zero-order valence-electron chi connectivity index (χ0n) is 10.5. The van der Waals surface area contributed by atoms with Gasteiger partial charge in [-0.3, -0.25) is 0 Å². The zero-order valence-corrected chi connectivity index (χ0v) is 12.0. The van der Waals surface area contributed by atoms with Crippen LogP contribution in [-0.2, 0) is 0 Å². The number of hydrogen-bond donors (Lipinski definition) is 1. The van der Waals surface area contributed by atoms with E-state index >= 15 is 0 Å². The third kappa shape index (κ3) is 2.70. The maximum atomic E-state index is 13.8. The maximum absolute atomic E-state index is 13.8. The van der Waals surface area contributed by atoms with Gasteiger partial charge in [0.15, 0.2) is 0 Å². The van der Waals surface area contributed by atoms with Crippen molar-refractivity contribution in [3.8, 4) is 22.8 Å². The third-order valence-corrected chi connectivity index (χ3v) is 3.24. The van der Waals surface area contributed by atoms with Crippen LogP contribution in [-0.4, -0.2) is 10.1 Å². The van der Waals surface area contributed by atoms with Crippen molar-refractivity contribution >= 4 is 28.9 Å². The van der Waals surface area contributed by atoms with Crippen molar-refractivity contribution in [2.45, 2.75) is 0 Å². The monoisotopic (exact) mass is 323 g/mol. The molecule has 0 radical (unpaired) electrons. The van der Waals surface area contributed by atoms with Gasteiger partial charge in [-0.05, 0) is 30.3 Å². The van der Waals surface area contributed by atoms with E-state index in [-0.39, 0.29) is 23.0 Å². The molecule has 3 aromatic rings. The Hall–Kier alpha value is -2.11. The Morgan fingerprint density at radius 2 is 1.81 bits per heavy atom. The molecule has 2 N–H and O–H groups in total. The predicted molar refractivity (Wildman–Crippen MR) is 79.6 cm³/mol. The van der Waals surface area contributed by atoms with E-state index in [0.29, 0.717) is 15.6 Å². The van der Waals surface area contributed by atoms with Crippen molar-refractivity contribution in [3.63, 3.8) is 0 Å². The molecular formula is C14H8Cl2FN3O. The van der Waals surface area contributed by atoms with Crippen LogP contribution in [0.15, 0.2) is 40.9 Å². The van der Waals surface area contributed by atoms with Crippen LogP contribution in [0.2, 0.25) is 10.0 Å². The molecule has 0 saturated heterocycles. The third-order valence-electron chi connectivity index (χ3n) is 2.81. The summed E-state index contributed by atoms with van der Waals surface area (Å²) in [6.07, 6.45) is 0. The number of nitrogens with zero attached hydrogens (tertiary/aromatic N) is 2. The van der Waals surface area contributed by atoms with E-state index in [9.17, 15) is 4.39 Å². The molecule has 21 heavy (non-hydrogen) atoms. The van der Waals surface area contributed by atoms with E-state index in [0.717, 1.165) is 0 Å². The van der Waals surface area contributed by atoms with E-state index in [1.807, 2.05) is 0 Å². The first-order valence-corrected chi connectivity index (χ1v) is 6.65. The molecule has 4 nitrogen and oxygen atoms in total. The van der Waals surface area contributed by atoms with Crippen LogP contribution in [0.4, 0.5) is 10.1 Å². The second kappa shape index (κ2) is 5.35. The van der Waals surface area contributed by atoms with E-state index in [2.05, 4.69) is 10.1 Å². The Labute approximate surface area is 129 Å². The number of aromatic nitrogens is 2. The molecule has 0 fully saturated rings. The van der Waals surface area contributed by atoms with Crippen molar-refractivity contribution in [2.24, 2.45) is 0 Å². The molecule has 0 spiro atoms. The minimum Gasteiger partial charge on any atom is -0.398 e. The number of rotatable bonds is 2. The molecule has 0 aliphatic rings. The minimum absolute atomic E-state index is 0.00306. The molecule has 1 aromatic heterocycles. The molecule has 0 saturated carbocycles. The highest BCUT2D eigenvalue weighted by atomic mass is 35.5. The van der Waals surface area contributed by atoms with Gasteiger partial charge in [0.05, 0.1) is 5.56 Å². The standard InChI is InChI=1S/C14H8Cl2FN3O/c15-8-4-7(5-9(16)6-8)13-19-14(21-20-13)12-10(17)2-1-3-11(12)18/h1-6H,18H2. The van der Waals surface area contributed by atoms with E-state index in [4.69, 9.17) is 33.5 Å². The van der Waals surface area contributed by atoms with Crippen LogP contribution in [0, 0.1) is 5.82 Å². The molecule has 0 aliphatic carbocycles. The lowest BCUT2D eigenvalue weighted by Crippen LogP contribution is -1.93. The first-order chi connectivity index (χ1) is 10.0. The molecule has 7 heteroatoms. The largest absolute Gasteiger partial charge is 0.398 e. The second-order valence-electron chi connectivity index (χ2n) is 4.29. The van der Waals surface area contributed by atoms with Gasteiger partial charge < -0.3 is 10.3 Å². The first kappa shape index (κ1) is 13.9. The summed E-state index contributed by atoms with van der Waals surface area (Å²) in [4.78, 5) is 4.14. The quantitative estimate of drug-likeness (QED) is 0.708. The van der Waals surface area contributed by atoms with Gasteiger partial charge in [0, 0.05) is 21.3 Å². The van der Waals surface area contributed by atoms with Gasteiger partial charge in [0.1, 0.15) is 5.82 Å². The summed E-state index contributed by atoms with van der Waals surface area (Å²) in [5.41, 5.74) is 6.60. The van der Waals surface area contributed by atoms with E-state index in [1.165, 1.54) is 12.1 Å². The lowest BCUT2D eigenvalue weighted by atomic mass is 10.1. The highest BCUT2D eigenvalue weighted by molar-refractivity contribution is 6.35. The molecule has 1 heterocycles. The number of nitrogen functional groups attached to an aromatic ring is 1. The summed E-state index contributed by atoms with van der Waals surface area (Å²) in [6, 6.07) is 9.18. The smallest absolute Gasteiger partial charge is 0.263 e. The number of nitrogens with two attached hydrogens (primary N) is 1. The van der Waals surface area contributed by atoms with Crippen LogP contribution in [0.5, 0.6) is 0 Å². The molecule has 3 rings (SSSR count). The van der Waals surface area contributed by atoms with Gasteiger partial charge in [-0.25, -0.2) is 4.39 Å². The second-order valence-corrected chi connectivity index (χ2v) is 5.16. The Balaban J connectivity index is 2.08. The Morgan fingerprint density at radius 3 is 2.48 bits per heavy atom. The normalized spacial score (nSPS) is 10.8. The van der Waals surface area contributed by atoms with Crippen molar-refractivity contribution in [1.82, 2.24) is 10.1 Å². The molecule has 0 unspecified atom stereocenters. The fraction of sp³-hybridized carbons (Fsp3) is 0. The summed E-state index contributed by atoms with van der Waals surface area (Å²) in [7, 11) is 0. The Morgan fingerprint density at radius 1 is 1.10 bits per heavy atom. The number of halogens is 3. The molecular weight excluding hydrogens is 316 g/mol. The zero-order chi connectivity index (χ0) is 15.0.